The van der Waals surface area contributed by atoms with Crippen LogP contribution < -0.4 is 0 Å². The van der Waals surface area contributed by atoms with E-state index in [9.17, 15) is 4.79 Å². The van der Waals surface area contributed by atoms with Crippen molar-refractivity contribution in [2.75, 3.05) is 27.4 Å². The van der Waals surface area contributed by atoms with E-state index >= 15 is 0 Å². The lowest BCUT2D eigenvalue weighted by atomic mass is 10.1. The summed E-state index contributed by atoms with van der Waals surface area (Å²) in [5, 5.41) is 8.87. The molecule has 2 unspecified atom stereocenters. The Kier molecular flexibility index (Phi) is 6.49. The molecule has 0 rings (SSSR count). The number of carbonyl (C=O) groups is 1. The number of likely N-dealkylation sites (N-methyl/N-ethyl adjacent to an activating group) is 1. The number of amides is 1. The third-order valence-electron chi connectivity index (χ3n) is 2.29. The van der Waals surface area contributed by atoms with Gasteiger partial charge in [-0.05, 0) is 12.8 Å². The minimum atomic E-state index is -0.114. The van der Waals surface area contributed by atoms with Crippen LogP contribution in [0.25, 0.3) is 0 Å². The Morgan fingerprint density at radius 3 is 2.50 bits per heavy atom. The molecule has 0 radical (unpaired) electrons. The first-order valence-electron chi connectivity index (χ1n) is 4.88. The van der Waals surface area contributed by atoms with Crippen LogP contribution in [-0.2, 0) is 9.53 Å². The molecule has 4 heteroatoms. The zero-order valence-electron chi connectivity index (χ0n) is 9.49. The lowest BCUT2D eigenvalue weighted by molar-refractivity contribution is -0.133. The van der Waals surface area contributed by atoms with Crippen molar-refractivity contribution in [3.8, 4) is 0 Å². The van der Waals surface area contributed by atoms with E-state index in [2.05, 4.69) is 0 Å². The standard InChI is InChI=1S/C10H21NO3/c1-8(7-14-4)5-10(13)11(3)9(2)6-12/h8-9,12H,5-7H2,1-4H3. The lowest BCUT2D eigenvalue weighted by Crippen LogP contribution is -2.38. The second kappa shape index (κ2) is 6.79. The maximum absolute atomic E-state index is 11.6. The van der Waals surface area contributed by atoms with Crippen molar-refractivity contribution in [2.24, 2.45) is 5.92 Å². The maximum atomic E-state index is 11.6. The summed E-state index contributed by atoms with van der Waals surface area (Å²) in [7, 11) is 3.34. The van der Waals surface area contributed by atoms with E-state index in [4.69, 9.17) is 9.84 Å². The highest BCUT2D eigenvalue weighted by Crippen LogP contribution is 2.06. The maximum Gasteiger partial charge on any atom is 0.222 e. The number of rotatable bonds is 6. The Labute approximate surface area is 85.9 Å². The normalized spacial score (nSPS) is 14.9. The van der Waals surface area contributed by atoms with Crippen LogP contribution >= 0.6 is 0 Å². The molecular weight excluding hydrogens is 182 g/mol. The number of hydrogen-bond acceptors (Lipinski definition) is 3. The highest BCUT2D eigenvalue weighted by molar-refractivity contribution is 5.76. The first kappa shape index (κ1) is 13.4. The summed E-state index contributed by atoms with van der Waals surface area (Å²) in [6.07, 6.45) is 0.467. The first-order chi connectivity index (χ1) is 6.52. The van der Waals surface area contributed by atoms with Crippen LogP contribution in [0.2, 0.25) is 0 Å². The van der Waals surface area contributed by atoms with Gasteiger partial charge in [0.15, 0.2) is 0 Å². The van der Waals surface area contributed by atoms with Crippen LogP contribution in [0.3, 0.4) is 0 Å². The van der Waals surface area contributed by atoms with Gasteiger partial charge in [0.25, 0.3) is 0 Å². The summed E-state index contributed by atoms with van der Waals surface area (Å²) in [5.74, 6) is 0.275. The van der Waals surface area contributed by atoms with E-state index < -0.39 is 0 Å². The van der Waals surface area contributed by atoms with E-state index in [1.807, 2.05) is 13.8 Å². The minimum Gasteiger partial charge on any atom is -0.394 e. The molecule has 0 fully saturated rings. The zero-order valence-corrected chi connectivity index (χ0v) is 9.49. The number of hydrogen-bond donors (Lipinski definition) is 1. The molecule has 84 valence electrons. The van der Waals surface area contributed by atoms with Crippen LogP contribution in [0, 0.1) is 5.92 Å². The Morgan fingerprint density at radius 1 is 1.50 bits per heavy atom. The molecular formula is C10H21NO3. The molecule has 0 aliphatic heterocycles. The summed E-state index contributed by atoms with van der Waals surface area (Å²) >= 11 is 0. The van der Waals surface area contributed by atoms with Gasteiger partial charge in [0.1, 0.15) is 0 Å². The number of methoxy groups -OCH3 is 1. The summed E-state index contributed by atoms with van der Waals surface area (Å²) in [5.41, 5.74) is 0. The molecule has 0 aromatic heterocycles. The van der Waals surface area contributed by atoms with Gasteiger partial charge in [-0.1, -0.05) is 6.92 Å². The SMILES string of the molecule is COCC(C)CC(=O)N(C)C(C)CO. The molecule has 0 aliphatic rings. The Morgan fingerprint density at radius 2 is 2.07 bits per heavy atom. The van der Waals surface area contributed by atoms with Crippen molar-refractivity contribution in [3.63, 3.8) is 0 Å². The average molecular weight is 203 g/mol. The molecule has 0 bridgehead atoms. The fraction of sp³-hybridized carbons (Fsp3) is 0.900. The fourth-order valence-corrected chi connectivity index (χ4v) is 1.15. The molecule has 0 saturated carbocycles. The molecule has 1 amide bonds. The molecule has 14 heavy (non-hydrogen) atoms. The van der Waals surface area contributed by atoms with Crippen molar-refractivity contribution in [1.82, 2.24) is 4.90 Å². The van der Waals surface area contributed by atoms with E-state index in [0.29, 0.717) is 13.0 Å². The van der Waals surface area contributed by atoms with Crippen molar-refractivity contribution in [1.29, 1.82) is 0 Å². The molecule has 0 spiro atoms. The topological polar surface area (TPSA) is 49.8 Å². The van der Waals surface area contributed by atoms with Gasteiger partial charge in [0, 0.05) is 27.2 Å². The fourth-order valence-electron chi connectivity index (χ4n) is 1.15. The number of carbonyl (C=O) groups excluding carboxylic acids is 1. The zero-order chi connectivity index (χ0) is 11.1. The van der Waals surface area contributed by atoms with E-state index in [1.165, 1.54) is 0 Å². The summed E-state index contributed by atoms with van der Waals surface area (Å²) in [6, 6.07) is -0.114. The van der Waals surface area contributed by atoms with Gasteiger partial charge < -0.3 is 14.7 Å². The van der Waals surface area contributed by atoms with Crippen molar-refractivity contribution in [2.45, 2.75) is 26.3 Å². The van der Waals surface area contributed by atoms with Gasteiger partial charge in [-0.25, -0.2) is 0 Å². The Bertz CT molecular complexity index is 173. The van der Waals surface area contributed by atoms with Crippen LogP contribution in [0.4, 0.5) is 0 Å². The molecule has 0 aliphatic carbocycles. The van der Waals surface area contributed by atoms with Gasteiger partial charge in [0.2, 0.25) is 5.91 Å². The predicted octanol–water partition coefficient (Wildman–Crippen LogP) is 0.498. The Hall–Kier alpha value is -0.610. The quantitative estimate of drug-likeness (QED) is 0.684. The molecule has 0 saturated heterocycles. The third kappa shape index (κ3) is 4.58. The van der Waals surface area contributed by atoms with Gasteiger partial charge in [-0.2, -0.15) is 0 Å². The summed E-state index contributed by atoms with van der Waals surface area (Å²) in [6.45, 7) is 4.38. The van der Waals surface area contributed by atoms with Crippen molar-refractivity contribution in [3.05, 3.63) is 0 Å². The lowest BCUT2D eigenvalue weighted by Gasteiger charge is -2.24. The van der Waals surface area contributed by atoms with Gasteiger partial charge >= 0.3 is 0 Å². The van der Waals surface area contributed by atoms with Gasteiger partial charge in [0.05, 0.1) is 12.6 Å². The van der Waals surface area contributed by atoms with Crippen molar-refractivity contribution < 1.29 is 14.6 Å². The summed E-state index contributed by atoms with van der Waals surface area (Å²) in [4.78, 5) is 13.2. The van der Waals surface area contributed by atoms with E-state index in [0.717, 1.165) is 0 Å². The summed E-state index contributed by atoms with van der Waals surface area (Å²) < 4.78 is 4.95. The third-order valence-corrected chi connectivity index (χ3v) is 2.29. The van der Waals surface area contributed by atoms with Gasteiger partial charge in [-0.15, -0.1) is 0 Å². The van der Waals surface area contributed by atoms with Crippen molar-refractivity contribution >= 4 is 5.91 Å². The minimum absolute atomic E-state index is 0.000892. The largest absolute Gasteiger partial charge is 0.394 e. The second-order valence-electron chi connectivity index (χ2n) is 3.80. The number of aliphatic hydroxyl groups excluding tert-OH is 1. The molecule has 4 nitrogen and oxygen atoms in total. The smallest absolute Gasteiger partial charge is 0.222 e. The predicted molar refractivity (Wildman–Crippen MR) is 55.0 cm³/mol. The van der Waals surface area contributed by atoms with Crippen LogP contribution in [-0.4, -0.2) is 49.3 Å². The van der Waals surface area contributed by atoms with Gasteiger partial charge in [-0.3, -0.25) is 4.79 Å². The van der Waals surface area contributed by atoms with E-state index in [1.54, 1.807) is 19.1 Å². The molecule has 2 atom stereocenters. The number of ether oxygens (including phenoxy) is 1. The monoisotopic (exact) mass is 203 g/mol. The highest BCUT2D eigenvalue weighted by Gasteiger charge is 2.17. The van der Waals surface area contributed by atoms with Crippen LogP contribution in [0.15, 0.2) is 0 Å². The molecule has 0 aromatic carbocycles. The van der Waals surface area contributed by atoms with E-state index in [-0.39, 0.29) is 24.5 Å². The molecule has 0 aromatic rings. The highest BCUT2D eigenvalue weighted by atomic mass is 16.5. The Balaban J connectivity index is 3.94. The number of aliphatic hydroxyl groups is 1. The average Bonchev–Trinajstić information content (AvgIpc) is 2.15. The second-order valence-corrected chi connectivity index (χ2v) is 3.80. The van der Waals surface area contributed by atoms with Crippen LogP contribution in [0.1, 0.15) is 20.3 Å². The van der Waals surface area contributed by atoms with Crippen LogP contribution in [0.5, 0.6) is 0 Å². The molecule has 0 heterocycles. The first-order valence-corrected chi connectivity index (χ1v) is 4.88. The number of nitrogens with zero attached hydrogens (tertiary/aromatic N) is 1. The molecule has 1 N–H and O–H groups in total.